The summed E-state index contributed by atoms with van der Waals surface area (Å²) in [7, 11) is 0. The summed E-state index contributed by atoms with van der Waals surface area (Å²) in [5, 5.41) is 11.1. The van der Waals surface area contributed by atoms with E-state index in [4.69, 9.17) is 21.4 Å². The number of aromatic nitrogens is 1. The average Bonchev–Trinajstić information content (AvgIpc) is 2.77. The summed E-state index contributed by atoms with van der Waals surface area (Å²) >= 11 is 6.82. The van der Waals surface area contributed by atoms with Gasteiger partial charge < -0.3 is 9.84 Å². The summed E-state index contributed by atoms with van der Waals surface area (Å²) in [6.45, 7) is 0.241. The molecule has 1 aromatic heterocycles. The fourth-order valence-corrected chi connectivity index (χ4v) is 1.92. The molecule has 0 amide bonds. The molecule has 0 atom stereocenters. The van der Waals surface area contributed by atoms with Crippen LogP contribution in [0.4, 0.5) is 0 Å². The molecular formula is C11H8ClNO3S. The number of benzene rings is 1. The lowest BCUT2D eigenvalue weighted by atomic mass is 10.3. The molecule has 2 rings (SSSR count). The number of carboxylic acid groups (broad SMARTS) is 1. The lowest BCUT2D eigenvalue weighted by Crippen LogP contribution is -1.99. The second kappa shape index (κ2) is 5.16. The monoisotopic (exact) mass is 269 g/mol. The molecule has 88 valence electrons. The Balaban J connectivity index is 1.97. The molecule has 0 aliphatic heterocycles. The molecule has 17 heavy (non-hydrogen) atoms. The van der Waals surface area contributed by atoms with Gasteiger partial charge in [0.15, 0.2) is 0 Å². The van der Waals surface area contributed by atoms with Crippen molar-refractivity contribution in [1.29, 1.82) is 0 Å². The molecule has 0 fully saturated rings. The smallest absolute Gasteiger partial charge is 0.365 e. The van der Waals surface area contributed by atoms with Gasteiger partial charge in [-0.3, -0.25) is 0 Å². The Hall–Kier alpha value is -1.59. The van der Waals surface area contributed by atoms with Crippen LogP contribution < -0.4 is 4.74 Å². The second-order valence-corrected chi connectivity index (χ2v) is 4.49. The molecule has 1 aromatic carbocycles. The van der Waals surface area contributed by atoms with Crippen LogP contribution in [0.25, 0.3) is 0 Å². The van der Waals surface area contributed by atoms with E-state index in [-0.39, 0.29) is 11.6 Å². The van der Waals surface area contributed by atoms with Gasteiger partial charge in [0.1, 0.15) is 12.4 Å². The standard InChI is InChI=1S/C11H8ClNO3S/c12-7-1-3-9(4-2-7)16-5-8-6-17-10(13-8)11(14)15/h1-4,6H,5H2,(H,14,15). The highest BCUT2D eigenvalue weighted by atomic mass is 35.5. The van der Waals surface area contributed by atoms with Crippen molar-refractivity contribution in [3.05, 3.63) is 45.4 Å². The first kappa shape index (κ1) is 11.9. The fourth-order valence-electron chi connectivity index (χ4n) is 1.16. The van der Waals surface area contributed by atoms with Gasteiger partial charge in [-0.1, -0.05) is 11.6 Å². The van der Waals surface area contributed by atoms with Crippen molar-refractivity contribution in [3.63, 3.8) is 0 Å². The van der Waals surface area contributed by atoms with Crippen LogP contribution in [0.1, 0.15) is 15.5 Å². The van der Waals surface area contributed by atoms with Crippen LogP contribution in [0, 0.1) is 0 Å². The lowest BCUT2D eigenvalue weighted by molar-refractivity contribution is 0.0696. The van der Waals surface area contributed by atoms with Gasteiger partial charge in [-0.25, -0.2) is 9.78 Å². The van der Waals surface area contributed by atoms with Crippen LogP contribution in [0.3, 0.4) is 0 Å². The van der Waals surface area contributed by atoms with Crippen molar-refractivity contribution in [2.75, 3.05) is 0 Å². The van der Waals surface area contributed by atoms with Crippen molar-refractivity contribution in [2.24, 2.45) is 0 Å². The largest absolute Gasteiger partial charge is 0.487 e. The van der Waals surface area contributed by atoms with E-state index in [1.807, 2.05) is 0 Å². The quantitative estimate of drug-likeness (QED) is 0.927. The number of rotatable bonds is 4. The van der Waals surface area contributed by atoms with Gasteiger partial charge >= 0.3 is 5.97 Å². The zero-order valence-electron chi connectivity index (χ0n) is 8.59. The number of aromatic carboxylic acids is 1. The molecule has 1 heterocycles. The summed E-state index contributed by atoms with van der Waals surface area (Å²) in [5.41, 5.74) is 0.599. The minimum Gasteiger partial charge on any atom is -0.487 e. The lowest BCUT2D eigenvalue weighted by Gasteiger charge is -2.03. The highest BCUT2D eigenvalue weighted by Gasteiger charge is 2.08. The Kier molecular flexibility index (Phi) is 3.61. The molecule has 2 aromatic rings. The van der Waals surface area contributed by atoms with E-state index in [1.165, 1.54) is 0 Å². The van der Waals surface area contributed by atoms with Crippen LogP contribution in [0.2, 0.25) is 5.02 Å². The minimum atomic E-state index is -1.02. The van der Waals surface area contributed by atoms with Crippen molar-refractivity contribution in [2.45, 2.75) is 6.61 Å². The molecule has 4 nitrogen and oxygen atoms in total. The van der Waals surface area contributed by atoms with Crippen LogP contribution in [0.15, 0.2) is 29.6 Å². The summed E-state index contributed by atoms with van der Waals surface area (Å²) in [6, 6.07) is 6.93. The van der Waals surface area contributed by atoms with E-state index in [1.54, 1.807) is 29.6 Å². The number of halogens is 1. The van der Waals surface area contributed by atoms with E-state index in [9.17, 15) is 4.79 Å². The van der Waals surface area contributed by atoms with Crippen LogP contribution in [-0.4, -0.2) is 16.1 Å². The molecule has 0 aliphatic rings. The average molecular weight is 270 g/mol. The second-order valence-electron chi connectivity index (χ2n) is 3.19. The van der Waals surface area contributed by atoms with Gasteiger partial charge in [0.25, 0.3) is 0 Å². The topological polar surface area (TPSA) is 59.4 Å². The van der Waals surface area contributed by atoms with E-state index in [0.717, 1.165) is 11.3 Å². The summed E-state index contributed by atoms with van der Waals surface area (Å²) in [4.78, 5) is 14.5. The summed E-state index contributed by atoms with van der Waals surface area (Å²) < 4.78 is 5.43. The molecule has 0 spiro atoms. The number of hydrogen-bond acceptors (Lipinski definition) is 4. The number of ether oxygens (including phenoxy) is 1. The maximum Gasteiger partial charge on any atom is 0.365 e. The molecule has 1 N–H and O–H groups in total. The molecule has 0 radical (unpaired) electrons. The maximum atomic E-state index is 10.6. The SMILES string of the molecule is O=C(O)c1nc(COc2ccc(Cl)cc2)cs1. The Morgan fingerprint density at radius 3 is 2.71 bits per heavy atom. The predicted octanol–water partition coefficient (Wildman–Crippen LogP) is 3.07. The van der Waals surface area contributed by atoms with Gasteiger partial charge in [-0.15, -0.1) is 11.3 Å². The van der Waals surface area contributed by atoms with Gasteiger partial charge in [0.05, 0.1) is 5.69 Å². The predicted molar refractivity (Wildman–Crippen MR) is 64.9 cm³/mol. The van der Waals surface area contributed by atoms with E-state index in [2.05, 4.69) is 4.98 Å². The molecule has 0 bridgehead atoms. The molecule has 0 saturated carbocycles. The third-order valence-electron chi connectivity index (χ3n) is 1.94. The van der Waals surface area contributed by atoms with Gasteiger partial charge in [0, 0.05) is 10.4 Å². The normalized spacial score (nSPS) is 10.2. The number of carboxylic acids is 1. The molecular weight excluding hydrogens is 262 g/mol. The number of carbonyl (C=O) groups is 1. The first-order chi connectivity index (χ1) is 8.15. The molecule has 0 unspecified atom stereocenters. The fraction of sp³-hybridized carbons (Fsp3) is 0.0909. The third-order valence-corrected chi connectivity index (χ3v) is 3.07. The summed E-state index contributed by atoms with van der Waals surface area (Å²) in [5.74, 6) is -0.355. The van der Waals surface area contributed by atoms with Crippen LogP contribution in [-0.2, 0) is 6.61 Å². The minimum absolute atomic E-state index is 0.0692. The number of nitrogens with zero attached hydrogens (tertiary/aromatic N) is 1. The van der Waals surface area contributed by atoms with Crippen molar-refractivity contribution in [1.82, 2.24) is 4.98 Å². The Bertz CT molecular complexity index is 524. The zero-order valence-corrected chi connectivity index (χ0v) is 10.2. The van der Waals surface area contributed by atoms with Crippen molar-refractivity contribution in [3.8, 4) is 5.75 Å². The van der Waals surface area contributed by atoms with Gasteiger partial charge in [-0.2, -0.15) is 0 Å². The van der Waals surface area contributed by atoms with Crippen molar-refractivity contribution < 1.29 is 14.6 Å². The molecule has 0 aliphatic carbocycles. The van der Waals surface area contributed by atoms with Crippen molar-refractivity contribution >= 4 is 28.9 Å². The maximum absolute atomic E-state index is 10.6. The highest BCUT2D eigenvalue weighted by Crippen LogP contribution is 2.17. The first-order valence-electron chi connectivity index (χ1n) is 4.71. The van der Waals surface area contributed by atoms with E-state index < -0.39 is 5.97 Å². The summed E-state index contributed by atoms with van der Waals surface area (Å²) in [6.07, 6.45) is 0. The Labute approximate surface area is 106 Å². The molecule has 6 heteroatoms. The molecule has 0 saturated heterocycles. The van der Waals surface area contributed by atoms with Gasteiger partial charge in [-0.05, 0) is 24.3 Å². The number of hydrogen-bond donors (Lipinski definition) is 1. The van der Waals surface area contributed by atoms with Crippen LogP contribution >= 0.6 is 22.9 Å². The van der Waals surface area contributed by atoms with Gasteiger partial charge in [0.2, 0.25) is 5.01 Å². The Morgan fingerprint density at radius 1 is 1.41 bits per heavy atom. The first-order valence-corrected chi connectivity index (χ1v) is 5.97. The van der Waals surface area contributed by atoms with Crippen LogP contribution in [0.5, 0.6) is 5.75 Å². The number of thiazole rings is 1. The zero-order chi connectivity index (χ0) is 12.3. The third kappa shape index (κ3) is 3.18. The van der Waals surface area contributed by atoms with E-state index >= 15 is 0 Å². The Morgan fingerprint density at radius 2 is 2.12 bits per heavy atom. The highest BCUT2D eigenvalue weighted by molar-refractivity contribution is 7.11. The van der Waals surface area contributed by atoms with E-state index in [0.29, 0.717) is 16.5 Å².